The highest BCUT2D eigenvalue weighted by atomic mass is 32.2. The molecule has 3 rings (SSSR count). The molecule has 0 spiro atoms. The van der Waals surface area contributed by atoms with Gasteiger partial charge in [-0.1, -0.05) is 18.2 Å². The van der Waals surface area contributed by atoms with Crippen molar-refractivity contribution < 1.29 is 13.2 Å². The molecule has 0 aliphatic rings. The second-order valence-electron chi connectivity index (χ2n) is 6.63. The van der Waals surface area contributed by atoms with E-state index in [0.717, 1.165) is 16.0 Å². The van der Waals surface area contributed by atoms with Crippen molar-refractivity contribution in [3.63, 3.8) is 0 Å². The summed E-state index contributed by atoms with van der Waals surface area (Å²) in [4.78, 5) is 17.5. The number of benzene rings is 1. The highest BCUT2D eigenvalue weighted by molar-refractivity contribution is 7.91. The fraction of sp³-hybridized carbons (Fsp3) is 0.238. The highest BCUT2D eigenvalue weighted by Gasteiger charge is 2.30. The van der Waals surface area contributed by atoms with E-state index in [2.05, 4.69) is 10.3 Å². The van der Waals surface area contributed by atoms with Crippen LogP contribution in [0.1, 0.15) is 26.8 Å². The molecule has 0 fully saturated rings. The fourth-order valence-electron chi connectivity index (χ4n) is 2.87. The molecule has 1 atom stereocenters. The summed E-state index contributed by atoms with van der Waals surface area (Å²) in [7, 11) is -3.70. The van der Waals surface area contributed by atoms with Gasteiger partial charge in [-0.15, -0.1) is 11.3 Å². The van der Waals surface area contributed by atoms with Crippen molar-refractivity contribution >= 4 is 27.1 Å². The smallest absolute Gasteiger partial charge is 0.225 e. The second-order valence-corrected chi connectivity index (χ2v) is 9.79. The first kappa shape index (κ1) is 20.2. The summed E-state index contributed by atoms with van der Waals surface area (Å²) in [5, 5.41) is 3.78. The monoisotopic (exact) mass is 414 g/mol. The molecule has 146 valence electrons. The van der Waals surface area contributed by atoms with Gasteiger partial charge in [0.05, 0.1) is 11.3 Å². The highest BCUT2D eigenvalue weighted by Crippen LogP contribution is 2.29. The Kier molecular flexibility index (Phi) is 6.26. The van der Waals surface area contributed by atoms with E-state index in [-0.39, 0.29) is 23.8 Å². The van der Waals surface area contributed by atoms with Crippen molar-refractivity contribution in [3.05, 3.63) is 81.8 Å². The van der Waals surface area contributed by atoms with Gasteiger partial charge >= 0.3 is 0 Å². The molecule has 5 nitrogen and oxygen atoms in total. The number of thiophene rings is 1. The summed E-state index contributed by atoms with van der Waals surface area (Å²) in [6.45, 7) is 3.82. The molecule has 1 aromatic carbocycles. The molecule has 1 amide bonds. The van der Waals surface area contributed by atoms with Crippen LogP contribution in [0.4, 0.5) is 0 Å². The van der Waals surface area contributed by atoms with E-state index in [1.54, 1.807) is 36.5 Å². The predicted molar refractivity (Wildman–Crippen MR) is 111 cm³/mol. The Balaban J connectivity index is 1.86. The van der Waals surface area contributed by atoms with Crippen LogP contribution in [0.15, 0.2) is 65.1 Å². The molecule has 0 saturated heterocycles. The first-order chi connectivity index (χ1) is 13.4. The average molecular weight is 415 g/mol. The standard InChI is InChI=1S/C21H22N2O3S2/c1-15-7-8-19(11-16(15)2)28(25,26)20(17-5-3-9-22-13-17)14-23-21(24)12-18-6-4-10-27-18/h3-11,13,20H,12,14H2,1-2H3,(H,23,24)/t20-/m1/s1. The van der Waals surface area contributed by atoms with Crippen LogP contribution >= 0.6 is 11.3 Å². The minimum Gasteiger partial charge on any atom is -0.354 e. The van der Waals surface area contributed by atoms with Gasteiger partial charge in [0.25, 0.3) is 0 Å². The molecule has 0 saturated carbocycles. The molecule has 2 heterocycles. The van der Waals surface area contributed by atoms with E-state index in [0.29, 0.717) is 5.56 Å². The zero-order chi connectivity index (χ0) is 20.1. The van der Waals surface area contributed by atoms with Crippen LogP contribution in [0, 0.1) is 13.8 Å². The maximum Gasteiger partial charge on any atom is 0.225 e. The lowest BCUT2D eigenvalue weighted by Gasteiger charge is -2.19. The summed E-state index contributed by atoms with van der Waals surface area (Å²) in [6, 6.07) is 12.3. The fourth-order valence-corrected chi connectivity index (χ4v) is 5.30. The summed E-state index contributed by atoms with van der Waals surface area (Å²) < 4.78 is 26.7. The third-order valence-electron chi connectivity index (χ3n) is 4.64. The number of aryl methyl sites for hydroxylation is 2. The summed E-state index contributed by atoms with van der Waals surface area (Å²) in [5.74, 6) is -0.202. The number of pyridine rings is 1. The first-order valence-corrected chi connectivity index (χ1v) is 11.3. The van der Waals surface area contributed by atoms with E-state index in [9.17, 15) is 13.2 Å². The summed E-state index contributed by atoms with van der Waals surface area (Å²) >= 11 is 1.50. The number of carbonyl (C=O) groups is 1. The maximum absolute atomic E-state index is 13.3. The zero-order valence-corrected chi connectivity index (χ0v) is 17.4. The number of carbonyl (C=O) groups excluding carboxylic acids is 1. The van der Waals surface area contributed by atoms with Crippen molar-refractivity contribution in [2.75, 3.05) is 6.54 Å². The van der Waals surface area contributed by atoms with E-state index in [1.807, 2.05) is 31.4 Å². The number of sulfone groups is 1. The molecule has 3 aromatic rings. The van der Waals surface area contributed by atoms with Gasteiger partial charge < -0.3 is 5.32 Å². The molecule has 1 N–H and O–H groups in total. The number of nitrogens with zero attached hydrogens (tertiary/aromatic N) is 1. The topological polar surface area (TPSA) is 76.1 Å². The SMILES string of the molecule is Cc1ccc(S(=O)(=O)[C@H](CNC(=O)Cc2cccs2)c2cccnc2)cc1C. The third kappa shape index (κ3) is 4.66. The maximum atomic E-state index is 13.3. The Morgan fingerprint density at radius 3 is 2.61 bits per heavy atom. The van der Waals surface area contributed by atoms with Gasteiger partial charge in [-0.2, -0.15) is 0 Å². The number of aromatic nitrogens is 1. The van der Waals surface area contributed by atoms with Crippen molar-refractivity contribution in [2.24, 2.45) is 0 Å². The molecule has 28 heavy (non-hydrogen) atoms. The Morgan fingerprint density at radius 1 is 1.14 bits per heavy atom. The molecule has 0 aliphatic heterocycles. The quantitative estimate of drug-likeness (QED) is 0.640. The molecular formula is C21H22N2O3S2. The van der Waals surface area contributed by atoms with Crippen LogP contribution in [0.5, 0.6) is 0 Å². The van der Waals surface area contributed by atoms with E-state index in [1.165, 1.54) is 17.5 Å². The van der Waals surface area contributed by atoms with Gasteiger partial charge in [-0.3, -0.25) is 9.78 Å². The summed E-state index contributed by atoms with van der Waals surface area (Å²) in [5.41, 5.74) is 2.49. The van der Waals surface area contributed by atoms with Crippen LogP contribution in [0.25, 0.3) is 0 Å². The zero-order valence-electron chi connectivity index (χ0n) is 15.8. The lowest BCUT2D eigenvalue weighted by Crippen LogP contribution is -2.32. The van der Waals surface area contributed by atoms with Crippen LogP contribution in [0.3, 0.4) is 0 Å². The summed E-state index contributed by atoms with van der Waals surface area (Å²) in [6.07, 6.45) is 3.37. The lowest BCUT2D eigenvalue weighted by atomic mass is 10.1. The Bertz CT molecular complexity index is 1050. The van der Waals surface area contributed by atoms with Crippen molar-refractivity contribution in [1.29, 1.82) is 0 Å². The molecule has 0 unspecified atom stereocenters. The number of hydrogen-bond acceptors (Lipinski definition) is 5. The van der Waals surface area contributed by atoms with Crippen molar-refractivity contribution in [2.45, 2.75) is 30.4 Å². The Labute approximate surface area is 169 Å². The van der Waals surface area contributed by atoms with Gasteiger partial charge in [-0.05, 0) is 60.2 Å². The van der Waals surface area contributed by atoms with Crippen LogP contribution in [-0.4, -0.2) is 25.9 Å². The largest absolute Gasteiger partial charge is 0.354 e. The van der Waals surface area contributed by atoms with E-state index in [4.69, 9.17) is 0 Å². The average Bonchev–Trinajstić information content (AvgIpc) is 3.17. The van der Waals surface area contributed by atoms with Crippen LogP contribution in [-0.2, 0) is 21.1 Å². The van der Waals surface area contributed by atoms with Gasteiger partial charge in [0.1, 0.15) is 5.25 Å². The molecule has 2 aromatic heterocycles. The normalized spacial score (nSPS) is 12.5. The molecule has 0 radical (unpaired) electrons. The minimum absolute atomic E-state index is 0.00877. The van der Waals surface area contributed by atoms with E-state index >= 15 is 0 Å². The lowest BCUT2D eigenvalue weighted by molar-refractivity contribution is -0.120. The number of hydrogen-bond donors (Lipinski definition) is 1. The number of nitrogens with one attached hydrogen (secondary N) is 1. The van der Waals surface area contributed by atoms with Gasteiger partial charge in [0, 0.05) is 23.8 Å². The Hall–Kier alpha value is -2.51. The van der Waals surface area contributed by atoms with Gasteiger partial charge in [0.2, 0.25) is 5.91 Å². The minimum atomic E-state index is -3.70. The molecule has 0 aliphatic carbocycles. The van der Waals surface area contributed by atoms with Gasteiger partial charge in [0.15, 0.2) is 9.84 Å². The van der Waals surface area contributed by atoms with Crippen LogP contribution in [0.2, 0.25) is 0 Å². The molecule has 7 heteroatoms. The Morgan fingerprint density at radius 2 is 1.96 bits per heavy atom. The van der Waals surface area contributed by atoms with Crippen molar-refractivity contribution in [1.82, 2.24) is 10.3 Å². The third-order valence-corrected chi connectivity index (χ3v) is 7.61. The number of rotatable bonds is 7. The van der Waals surface area contributed by atoms with Crippen LogP contribution < -0.4 is 5.32 Å². The van der Waals surface area contributed by atoms with Gasteiger partial charge in [-0.25, -0.2) is 8.42 Å². The predicted octanol–water partition coefficient (Wildman–Crippen LogP) is 3.63. The van der Waals surface area contributed by atoms with Crippen molar-refractivity contribution in [3.8, 4) is 0 Å². The first-order valence-electron chi connectivity index (χ1n) is 8.88. The number of amides is 1. The second kappa shape index (κ2) is 8.67. The van der Waals surface area contributed by atoms with E-state index < -0.39 is 15.1 Å². The molecular weight excluding hydrogens is 392 g/mol. The molecule has 0 bridgehead atoms.